The van der Waals surface area contributed by atoms with Gasteiger partial charge in [-0.3, -0.25) is 4.79 Å². The highest BCUT2D eigenvalue weighted by Crippen LogP contribution is 2.04. The van der Waals surface area contributed by atoms with Crippen molar-refractivity contribution in [1.29, 1.82) is 0 Å². The maximum atomic E-state index is 11.6. The lowest BCUT2D eigenvalue weighted by atomic mass is 10.2. The first kappa shape index (κ1) is 12.4. The first-order valence-corrected chi connectivity index (χ1v) is 5.03. The second kappa shape index (κ2) is 6.02. The lowest BCUT2D eigenvalue weighted by molar-refractivity contribution is -0.149. The quantitative estimate of drug-likeness (QED) is 0.482. The summed E-state index contributed by atoms with van der Waals surface area (Å²) in [5, 5.41) is 21.7. The van der Waals surface area contributed by atoms with Crippen LogP contribution in [0.3, 0.4) is 0 Å². The summed E-state index contributed by atoms with van der Waals surface area (Å²) in [5.74, 6) is -0.340. The Labute approximate surface area is 88.8 Å². The average molecular weight is 218 g/mol. The summed E-state index contributed by atoms with van der Waals surface area (Å²) in [7, 11) is 1.33. The van der Waals surface area contributed by atoms with Gasteiger partial charge in [-0.2, -0.15) is 0 Å². The standard InChI is InChI=1S/C9H18N2O4/c1-15-8(13)6-7(12)9(14)11-4-2-10-3-5-11/h7-8,10,12-13H,2-6H2,1H3/t7-,8?/m1/s1. The highest BCUT2D eigenvalue weighted by Gasteiger charge is 2.25. The van der Waals surface area contributed by atoms with Crippen molar-refractivity contribution >= 4 is 5.91 Å². The molecule has 1 aliphatic heterocycles. The first-order valence-electron chi connectivity index (χ1n) is 5.03. The molecule has 0 saturated carbocycles. The average Bonchev–Trinajstić information content (AvgIpc) is 2.29. The van der Waals surface area contributed by atoms with Crippen molar-refractivity contribution < 1.29 is 19.7 Å². The van der Waals surface area contributed by atoms with Gasteiger partial charge in [-0.25, -0.2) is 0 Å². The maximum absolute atomic E-state index is 11.6. The summed E-state index contributed by atoms with van der Waals surface area (Å²) in [6, 6.07) is 0. The Bertz CT molecular complexity index is 206. The predicted molar refractivity (Wildman–Crippen MR) is 53.1 cm³/mol. The van der Waals surface area contributed by atoms with Crippen LogP contribution in [0.25, 0.3) is 0 Å². The van der Waals surface area contributed by atoms with Crippen LogP contribution in [0.5, 0.6) is 0 Å². The number of piperazine rings is 1. The fourth-order valence-corrected chi connectivity index (χ4v) is 1.48. The number of aliphatic hydroxyl groups is 2. The van der Waals surface area contributed by atoms with Crippen molar-refractivity contribution in [1.82, 2.24) is 10.2 Å². The van der Waals surface area contributed by atoms with Crippen LogP contribution in [0.1, 0.15) is 6.42 Å². The summed E-state index contributed by atoms with van der Waals surface area (Å²) < 4.78 is 4.57. The smallest absolute Gasteiger partial charge is 0.251 e. The molecule has 0 aromatic rings. The van der Waals surface area contributed by atoms with Gasteiger partial charge in [-0.05, 0) is 0 Å². The molecular weight excluding hydrogens is 200 g/mol. The zero-order valence-corrected chi connectivity index (χ0v) is 8.85. The van der Waals surface area contributed by atoms with Crippen molar-refractivity contribution in [2.24, 2.45) is 0 Å². The molecule has 1 amide bonds. The number of hydrogen-bond acceptors (Lipinski definition) is 5. The number of hydrogen-bond donors (Lipinski definition) is 3. The van der Waals surface area contributed by atoms with Gasteiger partial charge >= 0.3 is 0 Å². The molecule has 6 nitrogen and oxygen atoms in total. The molecule has 1 rings (SSSR count). The van der Waals surface area contributed by atoms with Gasteiger partial charge in [0.1, 0.15) is 6.10 Å². The van der Waals surface area contributed by atoms with Gasteiger partial charge in [0, 0.05) is 39.7 Å². The molecule has 0 radical (unpaired) electrons. The molecule has 1 unspecified atom stereocenters. The van der Waals surface area contributed by atoms with Crippen LogP contribution >= 0.6 is 0 Å². The van der Waals surface area contributed by atoms with Gasteiger partial charge in [0.2, 0.25) is 0 Å². The monoisotopic (exact) mass is 218 g/mol. The number of methoxy groups -OCH3 is 1. The lowest BCUT2D eigenvalue weighted by Gasteiger charge is -2.29. The number of carbonyl (C=O) groups is 1. The Morgan fingerprint density at radius 3 is 2.60 bits per heavy atom. The molecule has 1 aliphatic rings. The van der Waals surface area contributed by atoms with Gasteiger partial charge in [0.25, 0.3) is 5.91 Å². The zero-order valence-electron chi connectivity index (χ0n) is 8.85. The molecule has 1 saturated heterocycles. The predicted octanol–water partition coefficient (Wildman–Crippen LogP) is -1.87. The topological polar surface area (TPSA) is 82.0 Å². The highest BCUT2D eigenvalue weighted by molar-refractivity contribution is 5.80. The molecule has 0 aromatic heterocycles. The number of ether oxygens (including phenoxy) is 1. The van der Waals surface area contributed by atoms with Crippen LogP contribution in [-0.2, 0) is 9.53 Å². The van der Waals surface area contributed by atoms with Crippen molar-refractivity contribution in [3.05, 3.63) is 0 Å². The summed E-state index contributed by atoms with van der Waals surface area (Å²) in [5.41, 5.74) is 0. The molecule has 1 fully saturated rings. The lowest BCUT2D eigenvalue weighted by Crippen LogP contribution is -2.50. The Balaban J connectivity index is 2.37. The van der Waals surface area contributed by atoms with E-state index in [2.05, 4.69) is 10.1 Å². The van der Waals surface area contributed by atoms with E-state index in [0.29, 0.717) is 13.1 Å². The Morgan fingerprint density at radius 2 is 2.07 bits per heavy atom. The summed E-state index contributed by atoms with van der Waals surface area (Å²) in [6.07, 6.45) is -2.36. The Kier molecular flexibility index (Phi) is 4.97. The molecule has 0 spiro atoms. The molecule has 0 aliphatic carbocycles. The van der Waals surface area contributed by atoms with Crippen molar-refractivity contribution in [2.45, 2.75) is 18.8 Å². The van der Waals surface area contributed by atoms with Crippen molar-refractivity contribution in [3.63, 3.8) is 0 Å². The SMILES string of the molecule is COC(O)C[C@@H](O)C(=O)N1CCNCC1. The molecule has 15 heavy (non-hydrogen) atoms. The summed E-state index contributed by atoms with van der Waals surface area (Å²) in [6.45, 7) is 2.68. The zero-order chi connectivity index (χ0) is 11.3. The third kappa shape index (κ3) is 3.75. The fraction of sp³-hybridized carbons (Fsp3) is 0.889. The second-order valence-electron chi connectivity index (χ2n) is 3.52. The second-order valence-corrected chi connectivity index (χ2v) is 3.52. The van der Waals surface area contributed by atoms with E-state index >= 15 is 0 Å². The van der Waals surface area contributed by atoms with E-state index in [9.17, 15) is 9.90 Å². The Hall–Kier alpha value is -0.690. The minimum absolute atomic E-state index is 0.0841. The first-order chi connectivity index (χ1) is 7.15. The van der Waals surface area contributed by atoms with E-state index in [4.69, 9.17) is 5.11 Å². The van der Waals surface area contributed by atoms with Crippen LogP contribution in [0.4, 0.5) is 0 Å². The number of nitrogens with one attached hydrogen (secondary N) is 1. The molecule has 0 bridgehead atoms. The molecular formula is C9H18N2O4. The van der Waals surface area contributed by atoms with Crippen molar-refractivity contribution in [3.8, 4) is 0 Å². The number of rotatable bonds is 4. The van der Waals surface area contributed by atoms with Crippen LogP contribution in [0.2, 0.25) is 0 Å². The molecule has 1 heterocycles. The summed E-state index contributed by atoms with van der Waals surface area (Å²) >= 11 is 0. The molecule has 88 valence electrons. The third-order valence-electron chi connectivity index (χ3n) is 2.41. The number of aliphatic hydroxyl groups excluding tert-OH is 2. The van der Waals surface area contributed by atoms with Crippen LogP contribution < -0.4 is 5.32 Å². The van der Waals surface area contributed by atoms with Gasteiger partial charge < -0.3 is 25.2 Å². The normalized spacial score (nSPS) is 21.1. The largest absolute Gasteiger partial charge is 0.383 e. The van der Waals surface area contributed by atoms with Crippen molar-refractivity contribution in [2.75, 3.05) is 33.3 Å². The maximum Gasteiger partial charge on any atom is 0.251 e. The van der Waals surface area contributed by atoms with E-state index < -0.39 is 12.4 Å². The minimum Gasteiger partial charge on any atom is -0.383 e. The molecule has 3 N–H and O–H groups in total. The van der Waals surface area contributed by atoms with Crippen LogP contribution in [-0.4, -0.2) is 66.7 Å². The molecule has 6 heteroatoms. The van der Waals surface area contributed by atoms with Gasteiger partial charge in [-0.1, -0.05) is 0 Å². The van der Waals surface area contributed by atoms with E-state index in [1.807, 2.05) is 0 Å². The van der Waals surface area contributed by atoms with Crippen LogP contribution in [0.15, 0.2) is 0 Å². The van der Waals surface area contributed by atoms with Gasteiger partial charge in [0.15, 0.2) is 6.29 Å². The number of amides is 1. The van der Waals surface area contributed by atoms with E-state index in [-0.39, 0.29) is 12.3 Å². The fourth-order valence-electron chi connectivity index (χ4n) is 1.48. The number of nitrogens with zero attached hydrogens (tertiary/aromatic N) is 1. The van der Waals surface area contributed by atoms with E-state index in [0.717, 1.165) is 13.1 Å². The minimum atomic E-state index is -1.18. The van der Waals surface area contributed by atoms with Crippen LogP contribution in [0, 0.1) is 0 Å². The molecule has 2 atom stereocenters. The van der Waals surface area contributed by atoms with Gasteiger partial charge in [0.05, 0.1) is 0 Å². The third-order valence-corrected chi connectivity index (χ3v) is 2.41. The summed E-state index contributed by atoms with van der Waals surface area (Å²) in [4.78, 5) is 13.2. The number of carbonyl (C=O) groups excluding carboxylic acids is 1. The molecule has 0 aromatic carbocycles. The van der Waals surface area contributed by atoms with Gasteiger partial charge in [-0.15, -0.1) is 0 Å². The van der Waals surface area contributed by atoms with E-state index in [1.54, 1.807) is 4.90 Å². The van der Waals surface area contributed by atoms with E-state index in [1.165, 1.54) is 7.11 Å². The highest BCUT2D eigenvalue weighted by atomic mass is 16.6. The Morgan fingerprint density at radius 1 is 1.47 bits per heavy atom.